The predicted molar refractivity (Wildman–Crippen MR) is 96.1 cm³/mol. The van der Waals surface area contributed by atoms with E-state index in [0.717, 1.165) is 4.90 Å². The van der Waals surface area contributed by atoms with Crippen molar-refractivity contribution in [2.45, 2.75) is 25.3 Å². The van der Waals surface area contributed by atoms with Gasteiger partial charge in [0.15, 0.2) is 0 Å². The van der Waals surface area contributed by atoms with Gasteiger partial charge < -0.3 is 4.90 Å². The molecule has 0 N–H and O–H groups in total. The molecular formula is C19H15F6N5O. The van der Waals surface area contributed by atoms with E-state index in [4.69, 9.17) is 0 Å². The molecule has 1 atom stereocenters. The molecule has 12 heteroatoms. The third-order valence-corrected chi connectivity index (χ3v) is 4.55. The van der Waals surface area contributed by atoms with E-state index < -0.39 is 41.0 Å². The van der Waals surface area contributed by atoms with Crippen molar-refractivity contribution in [3.8, 4) is 5.95 Å². The Bertz CT molecular complexity index is 1050. The van der Waals surface area contributed by atoms with E-state index in [2.05, 4.69) is 15.0 Å². The van der Waals surface area contributed by atoms with Crippen LogP contribution < -0.4 is 0 Å². The molecule has 2 aromatic heterocycles. The van der Waals surface area contributed by atoms with E-state index in [-0.39, 0.29) is 17.8 Å². The lowest BCUT2D eigenvalue weighted by atomic mass is 10.0. The smallest absolute Gasteiger partial charge is 0.332 e. The minimum Gasteiger partial charge on any atom is -0.332 e. The summed E-state index contributed by atoms with van der Waals surface area (Å²) in [6.07, 6.45) is -4.22. The zero-order chi connectivity index (χ0) is 23.0. The summed E-state index contributed by atoms with van der Waals surface area (Å²) in [5, 5.41) is 0. The van der Waals surface area contributed by atoms with E-state index >= 15 is 0 Å². The first-order chi connectivity index (χ1) is 14.4. The lowest BCUT2D eigenvalue weighted by molar-refractivity contribution is -0.143. The van der Waals surface area contributed by atoms with Gasteiger partial charge in [-0.3, -0.25) is 9.36 Å². The van der Waals surface area contributed by atoms with Gasteiger partial charge >= 0.3 is 12.4 Å². The van der Waals surface area contributed by atoms with E-state index in [9.17, 15) is 31.1 Å². The Morgan fingerprint density at radius 2 is 1.48 bits per heavy atom. The molecular weight excluding hydrogens is 428 g/mol. The summed E-state index contributed by atoms with van der Waals surface area (Å²) in [6.45, 7) is 1.53. The normalized spacial score (nSPS) is 13.2. The van der Waals surface area contributed by atoms with Gasteiger partial charge in [0, 0.05) is 37.4 Å². The molecule has 1 amide bonds. The number of hydrogen-bond acceptors (Lipinski definition) is 4. The second-order valence-electron chi connectivity index (χ2n) is 6.59. The van der Waals surface area contributed by atoms with Crippen molar-refractivity contribution in [3.63, 3.8) is 0 Å². The van der Waals surface area contributed by atoms with Crippen LogP contribution in [0.25, 0.3) is 5.95 Å². The molecule has 0 fully saturated rings. The summed E-state index contributed by atoms with van der Waals surface area (Å²) >= 11 is 0. The van der Waals surface area contributed by atoms with E-state index in [1.54, 1.807) is 6.07 Å². The van der Waals surface area contributed by atoms with Gasteiger partial charge in [-0.1, -0.05) is 0 Å². The number of carbonyl (C=O) groups excluding carboxylic acids is 1. The summed E-state index contributed by atoms with van der Waals surface area (Å²) in [5.41, 5.74) is -3.87. The van der Waals surface area contributed by atoms with Crippen LogP contribution in [0.4, 0.5) is 26.3 Å². The number of nitrogens with zero attached hydrogens (tertiary/aromatic N) is 5. The van der Waals surface area contributed by atoms with Crippen molar-refractivity contribution in [2.24, 2.45) is 0 Å². The Morgan fingerprint density at radius 3 is 2.00 bits per heavy atom. The van der Waals surface area contributed by atoms with Gasteiger partial charge in [-0.2, -0.15) is 26.3 Å². The second-order valence-corrected chi connectivity index (χ2v) is 6.59. The van der Waals surface area contributed by atoms with Crippen molar-refractivity contribution < 1.29 is 31.1 Å². The van der Waals surface area contributed by atoms with Crippen LogP contribution in [-0.2, 0) is 12.4 Å². The van der Waals surface area contributed by atoms with Crippen LogP contribution in [0.5, 0.6) is 0 Å². The topological polar surface area (TPSA) is 63.9 Å². The molecule has 0 bridgehead atoms. The molecule has 31 heavy (non-hydrogen) atoms. The molecule has 0 saturated heterocycles. The van der Waals surface area contributed by atoms with Gasteiger partial charge in [-0.05, 0) is 31.2 Å². The highest BCUT2D eigenvalue weighted by Crippen LogP contribution is 2.37. The van der Waals surface area contributed by atoms with Crippen LogP contribution in [0.2, 0.25) is 0 Å². The number of halogens is 6. The molecule has 0 radical (unpaired) electrons. The fraction of sp³-hybridized carbons (Fsp3) is 0.263. The SMILES string of the molecule is CC(c1nccn1-c1ncccn1)N(C)C(=O)c1cc(C(F)(F)F)cc(C(F)(F)F)c1. The third-order valence-electron chi connectivity index (χ3n) is 4.55. The van der Waals surface area contributed by atoms with Gasteiger partial charge in [0.2, 0.25) is 5.95 Å². The Kier molecular flexibility index (Phi) is 5.74. The van der Waals surface area contributed by atoms with Gasteiger partial charge in [-0.15, -0.1) is 0 Å². The maximum atomic E-state index is 13.1. The quantitative estimate of drug-likeness (QED) is 0.556. The second kappa shape index (κ2) is 8.00. The number of aromatic nitrogens is 4. The van der Waals surface area contributed by atoms with Crippen LogP contribution in [0.1, 0.15) is 40.3 Å². The number of hydrogen-bond donors (Lipinski definition) is 0. The Balaban J connectivity index is 1.98. The van der Waals surface area contributed by atoms with Gasteiger partial charge in [0.25, 0.3) is 5.91 Å². The first kappa shape index (κ1) is 22.2. The van der Waals surface area contributed by atoms with Crippen LogP contribution in [0.3, 0.4) is 0 Å². The monoisotopic (exact) mass is 443 g/mol. The molecule has 6 nitrogen and oxygen atoms in total. The van der Waals surface area contributed by atoms with Crippen LogP contribution in [0.15, 0.2) is 49.1 Å². The molecule has 1 unspecified atom stereocenters. The molecule has 0 saturated carbocycles. The molecule has 0 aliphatic carbocycles. The first-order valence-electron chi connectivity index (χ1n) is 8.77. The van der Waals surface area contributed by atoms with E-state index in [1.807, 2.05) is 0 Å². The first-order valence-corrected chi connectivity index (χ1v) is 8.77. The number of benzene rings is 1. The Hall–Kier alpha value is -3.44. The highest BCUT2D eigenvalue weighted by Gasteiger charge is 2.38. The lowest BCUT2D eigenvalue weighted by Gasteiger charge is -2.25. The third kappa shape index (κ3) is 4.67. The Labute approximate surface area is 172 Å². The largest absolute Gasteiger partial charge is 0.416 e. The summed E-state index contributed by atoms with van der Waals surface area (Å²) < 4.78 is 80.1. The minimum absolute atomic E-state index is 0.0281. The van der Waals surface area contributed by atoms with Crippen molar-refractivity contribution in [1.29, 1.82) is 0 Å². The molecule has 2 heterocycles. The number of carbonyl (C=O) groups is 1. The maximum absolute atomic E-state index is 13.1. The fourth-order valence-corrected chi connectivity index (χ4v) is 2.84. The molecule has 3 rings (SSSR count). The number of alkyl halides is 6. The lowest BCUT2D eigenvalue weighted by Crippen LogP contribution is -2.32. The minimum atomic E-state index is -5.05. The average Bonchev–Trinajstić information content (AvgIpc) is 3.21. The number of amides is 1. The Morgan fingerprint density at radius 1 is 0.935 bits per heavy atom. The number of rotatable bonds is 4. The zero-order valence-electron chi connectivity index (χ0n) is 16.1. The van der Waals surface area contributed by atoms with Crippen molar-refractivity contribution >= 4 is 5.91 Å². The van der Waals surface area contributed by atoms with Crippen molar-refractivity contribution in [3.05, 3.63) is 71.6 Å². The van der Waals surface area contributed by atoms with E-state index in [0.29, 0.717) is 12.1 Å². The predicted octanol–water partition coefficient (Wildman–Crippen LogP) is 4.53. The highest BCUT2D eigenvalue weighted by molar-refractivity contribution is 5.94. The maximum Gasteiger partial charge on any atom is 0.416 e. The molecule has 0 spiro atoms. The van der Waals surface area contributed by atoms with Crippen molar-refractivity contribution in [2.75, 3.05) is 7.05 Å². The van der Waals surface area contributed by atoms with E-state index in [1.165, 1.54) is 43.3 Å². The number of imidazole rings is 1. The summed E-state index contributed by atoms with van der Waals surface area (Å²) in [4.78, 5) is 26.1. The standard InChI is InChI=1S/C19H15F6N5O/c1-11(15-26-6-7-30(15)17-27-4-3-5-28-17)29(2)16(31)12-8-13(18(20,21)22)10-14(9-12)19(23,24)25/h3-11H,1-2H3. The average molecular weight is 443 g/mol. The molecule has 0 aliphatic heterocycles. The zero-order valence-corrected chi connectivity index (χ0v) is 16.1. The van der Waals surface area contributed by atoms with Crippen molar-refractivity contribution in [1.82, 2.24) is 24.4 Å². The summed E-state index contributed by atoms with van der Waals surface area (Å²) in [5.74, 6) is -0.529. The van der Waals surface area contributed by atoms with Gasteiger partial charge in [0.05, 0.1) is 17.2 Å². The molecule has 1 aromatic carbocycles. The molecule has 3 aromatic rings. The highest BCUT2D eigenvalue weighted by atomic mass is 19.4. The summed E-state index contributed by atoms with van der Waals surface area (Å²) in [7, 11) is 1.26. The molecule has 164 valence electrons. The van der Waals surface area contributed by atoms with Gasteiger partial charge in [0.1, 0.15) is 5.82 Å². The summed E-state index contributed by atoms with van der Waals surface area (Å²) in [6, 6.07) is 1.53. The van der Waals surface area contributed by atoms with Crippen LogP contribution in [-0.4, -0.2) is 37.4 Å². The van der Waals surface area contributed by atoms with Crippen LogP contribution in [0, 0.1) is 0 Å². The molecule has 0 aliphatic rings. The van der Waals surface area contributed by atoms with Crippen LogP contribution >= 0.6 is 0 Å². The van der Waals surface area contributed by atoms with Gasteiger partial charge in [-0.25, -0.2) is 15.0 Å². The fourth-order valence-electron chi connectivity index (χ4n) is 2.84.